The maximum Gasteiger partial charge on any atom is 0.223 e. The number of amides is 1. The van der Waals surface area contributed by atoms with E-state index in [1.807, 2.05) is 6.20 Å². The molecule has 0 aliphatic rings. The molecular formula is C14H25N3O. The Labute approximate surface area is 110 Å². The van der Waals surface area contributed by atoms with E-state index in [1.54, 1.807) is 19.0 Å². The molecule has 1 rings (SSSR count). The van der Waals surface area contributed by atoms with E-state index in [4.69, 9.17) is 0 Å². The van der Waals surface area contributed by atoms with Gasteiger partial charge < -0.3 is 14.8 Å². The lowest BCUT2D eigenvalue weighted by molar-refractivity contribution is -0.128. The molecule has 1 atom stereocenters. The van der Waals surface area contributed by atoms with Crippen molar-refractivity contribution >= 4 is 5.91 Å². The quantitative estimate of drug-likeness (QED) is 0.805. The first-order valence-electron chi connectivity index (χ1n) is 6.63. The van der Waals surface area contributed by atoms with Gasteiger partial charge in [0.2, 0.25) is 5.91 Å². The fourth-order valence-corrected chi connectivity index (χ4v) is 1.78. The zero-order valence-electron chi connectivity index (χ0n) is 11.9. The lowest BCUT2D eigenvalue weighted by Gasteiger charge is -2.12. The Hall–Kier alpha value is -1.29. The van der Waals surface area contributed by atoms with Gasteiger partial charge in [-0.25, -0.2) is 0 Å². The van der Waals surface area contributed by atoms with Crippen molar-refractivity contribution in [3.8, 4) is 0 Å². The molecule has 0 spiro atoms. The molecule has 1 aromatic heterocycles. The van der Waals surface area contributed by atoms with E-state index >= 15 is 0 Å². The van der Waals surface area contributed by atoms with Crippen LogP contribution in [-0.2, 0) is 11.3 Å². The summed E-state index contributed by atoms with van der Waals surface area (Å²) in [6.07, 6.45) is 5.86. The molecular weight excluding hydrogens is 226 g/mol. The highest BCUT2D eigenvalue weighted by Gasteiger charge is 2.07. The molecule has 4 heteroatoms. The van der Waals surface area contributed by atoms with Gasteiger partial charge in [0, 0.05) is 45.5 Å². The molecule has 1 unspecified atom stereocenters. The van der Waals surface area contributed by atoms with Gasteiger partial charge in [0.1, 0.15) is 0 Å². The Morgan fingerprint density at radius 3 is 2.83 bits per heavy atom. The maximum atomic E-state index is 11.5. The summed E-state index contributed by atoms with van der Waals surface area (Å²) in [5.74, 6) is 0.169. The molecule has 1 heterocycles. The minimum Gasteiger partial charge on any atom is -0.353 e. The van der Waals surface area contributed by atoms with E-state index in [9.17, 15) is 4.79 Å². The summed E-state index contributed by atoms with van der Waals surface area (Å²) in [6, 6.07) is 2.49. The predicted octanol–water partition coefficient (Wildman–Crippen LogP) is 2.03. The molecule has 102 valence electrons. The van der Waals surface area contributed by atoms with Crippen LogP contribution in [0.25, 0.3) is 0 Å². The van der Waals surface area contributed by atoms with Crippen molar-refractivity contribution in [2.75, 3.05) is 20.6 Å². The number of nitrogens with one attached hydrogen (secondary N) is 1. The van der Waals surface area contributed by atoms with E-state index in [0.717, 1.165) is 19.5 Å². The van der Waals surface area contributed by atoms with Crippen molar-refractivity contribution in [2.24, 2.45) is 0 Å². The molecule has 0 radical (unpaired) electrons. The molecule has 1 N–H and O–H groups in total. The first kappa shape index (κ1) is 14.8. The van der Waals surface area contributed by atoms with Crippen molar-refractivity contribution in [2.45, 2.75) is 39.3 Å². The molecule has 1 amide bonds. The van der Waals surface area contributed by atoms with Gasteiger partial charge in [-0.15, -0.1) is 0 Å². The van der Waals surface area contributed by atoms with E-state index in [1.165, 1.54) is 5.56 Å². The zero-order valence-corrected chi connectivity index (χ0v) is 11.9. The van der Waals surface area contributed by atoms with Crippen LogP contribution in [0.2, 0.25) is 0 Å². The smallest absolute Gasteiger partial charge is 0.223 e. The van der Waals surface area contributed by atoms with Crippen molar-refractivity contribution in [1.29, 1.82) is 0 Å². The minimum absolute atomic E-state index is 0.169. The number of aryl methyl sites for hydroxylation is 1. The highest BCUT2D eigenvalue weighted by atomic mass is 16.2. The molecule has 0 aromatic carbocycles. The average Bonchev–Trinajstić information content (AvgIpc) is 2.81. The topological polar surface area (TPSA) is 37.3 Å². The third-order valence-corrected chi connectivity index (χ3v) is 3.06. The van der Waals surface area contributed by atoms with Gasteiger partial charge in [-0.2, -0.15) is 0 Å². The van der Waals surface area contributed by atoms with Crippen molar-refractivity contribution in [3.63, 3.8) is 0 Å². The Bertz CT molecular complexity index is 371. The largest absolute Gasteiger partial charge is 0.353 e. The van der Waals surface area contributed by atoms with Crippen molar-refractivity contribution < 1.29 is 4.79 Å². The molecule has 0 saturated carbocycles. The van der Waals surface area contributed by atoms with Gasteiger partial charge in [0.05, 0.1) is 0 Å². The van der Waals surface area contributed by atoms with Gasteiger partial charge in [0.25, 0.3) is 0 Å². The van der Waals surface area contributed by atoms with E-state index in [0.29, 0.717) is 12.5 Å². The maximum absolute atomic E-state index is 11.5. The van der Waals surface area contributed by atoms with Crippen molar-refractivity contribution in [3.05, 3.63) is 24.0 Å². The standard InChI is InChI=1S/C14H25N3O/c1-5-8-15-12(2)13-6-9-17(11-13)10-7-14(18)16(3)4/h6,9,11-12,15H,5,7-8,10H2,1-4H3. The van der Waals surface area contributed by atoms with Crippen LogP contribution in [0, 0.1) is 0 Å². The van der Waals surface area contributed by atoms with Gasteiger partial charge in [-0.3, -0.25) is 4.79 Å². The number of hydrogen-bond donors (Lipinski definition) is 1. The lowest BCUT2D eigenvalue weighted by Crippen LogP contribution is -2.22. The molecule has 18 heavy (non-hydrogen) atoms. The Kier molecular flexibility index (Phi) is 5.92. The molecule has 0 saturated heterocycles. The second-order valence-corrected chi connectivity index (χ2v) is 4.90. The highest BCUT2D eigenvalue weighted by molar-refractivity contribution is 5.75. The summed E-state index contributed by atoms with van der Waals surface area (Å²) in [4.78, 5) is 13.1. The fourth-order valence-electron chi connectivity index (χ4n) is 1.78. The van der Waals surface area contributed by atoms with Crippen LogP contribution in [0.1, 0.15) is 38.3 Å². The fraction of sp³-hybridized carbons (Fsp3) is 0.643. The van der Waals surface area contributed by atoms with Gasteiger partial charge in [0.15, 0.2) is 0 Å². The summed E-state index contributed by atoms with van der Waals surface area (Å²) in [5.41, 5.74) is 1.28. The Morgan fingerprint density at radius 2 is 2.22 bits per heavy atom. The second-order valence-electron chi connectivity index (χ2n) is 4.90. The van der Waals surface area contributed by atoms with Gasteiger partial charge >= 0.3 is 0 Å². The lowest BCUT2D eigenvalue weighted by atomic mass is 10.2. The van der Waals surface area contributed by atoms with Crippen LogP contribution >= 0.6 is 0 Å². The predicted molar refractivity (Wildman–Crippen MR) is 74.5 cm³/mol. The van der Waals surface area contributed by atoms with Gasteiger partial charge in [-0.1, -0.05) is 6.92 Å². The normalized spacial score (nSPS) is 12.4. The summed E-state index contributed by atoms with van der Waals surface area (Å²) in [6.45, 7) is 6.11. The number of hydrogen-bond acceptors (Lipinski definition) is 2. The molecule has 0 aliphatic heterocycles. The number of carbonyl (C=O) groups excluding carboxylic acids is 1. The molecule has 1 aromatic rings. The Balaban J connectivity index is 2.45. The summed E-state index contributed by atoms with van der Waals surface area (Å²) in [5, 5.41) is 3.46. The molecule has 4 nitrogen and oxygen atoms in total. The Morgan fingerprint density at radius 1 is 1.50 bits per heavy atom. The van der Waals surface area contributed by atoms with Crippen LogP contribution in [0.15, 0.2) is 18.5 Å². The first-order chi connectivity index (χ1) is 8.54. The number of carbonyl (C=O) groups is 1. The molecule has 0 fully saturated rings. The average molecular weight is 251 g/mol. The van der Waals surface area contributed by atoms with Crippen LogP contribution in [0.4, 0.5) is 0 Å². The summed E-state index contributed by atoms with van der Waals surface area (Å²) < 4.78 is 2.08. The van der Waals surface area contributed by atoms with E-state index in [2.05, 4.69) is 36.0 Å². The monoisotopic (exact) mass is 251 g/mol. The molecule has 0 aliphatic carbocycles. The second kappa shape index (κ2) is 7.21. The zero-order chi connectivity index (χ0) is 13.5. The van der Waals surface area contributed by atoms with Crippen LogP contribution in [0.3, 0.4) is 0 Å². The summed E-state index contributed by atoms with van der Waals surface area (Å²) in [7, 11) is 3.58. The molecule has 0 bridgehead atoms. The minimum atomic E-state index is 0.169. The van der Waals surface area contributed by atoms with E-state index in [-0.39, 0.29) is 5.91 Å². The van der Waals surface area contributed by atoms with Crippen molar-refractivity contribution in [1.82, 2.24) is 14.8 Å². The van der Waals surface area contributed by atoms with Gasteiger partial charge in [-0.05, 0) is 31.5 Å². The SMILES string of the molecule is CCCNC(C)c1ccn(CCC(=O)N(C)C)c1. The summed E-state index contributed by atoms with van der Waals surface area (Å²) >= 11 is 0. The third-order valence-electron chi connectivity index (χ3n) is 3.06. The third kappa shape index (κ3) is 4.53. The number of nitrogens with zero attached hydrogens (tertiary/aromatic N) is 2. The van der Waals surface area contributed by atoms with E-state index < -0.39 is 0 Å². The highest BCUT2D eigenvalue weighted by Crippen LogP contribution is 2.13. The number of rotatable bonds is 7. The van der Waals surface area contributed by atoms with Crippen LogP contribution in [-0.4, -0.2) is 36.0 Å². The van der Waals surface area contributed by atoms with Crippen LogP contribution < -0.4 is 5.32 Å². The first-order valence-corrected chi connectivity index (χ1v) is 6.63. The van der Waals surface area contributed by atoms with Crippen LogP contribution in [0.5, 0.6) is 0 Å². The number of aromatic nitrogens is 1.